The Labute approximate surface area is 89.6 Å². The number of rotatable bonds is 3. The standard InChI is InChI=1S/C11H17NO3/c1-3-7-14-10(13)11-6-4-5-9(11)8(2)12-15-11/h9H,3-7H2,1-2H3. The first kappa shape index (κ1) is 10.5. The average molecular weight is 211 g/mol. The van der Waals surface area contributed by atoms with Gasteiger partial charge in [0, 0.05) is 6.42 Å². The molecule has 0 spiro atoms. The molecule has 2 aliphatic rings. The molecule has 0 N–H and O–H groups in total. The minimum atomic E-state index is -0.779. The van der Waals surface area contributed by atoms with Crippen molar-refractivity contribution in [3.05, 3.63) is 0 Å². The van der Waals surface area contributed by atoms with Crippen LogP contribution in [0.25, 0.3) is 0 Å². The second-order valence-corrected chi connectivity index (χ2v) is 4.29. The van der Waals surface area contributed by atoms with Crippen molar-refractivity contribution < 1.29 is 14.4 Å². The quantitative estimate of drug-likeness (QED) is 0.670. The van der Waals surface area contributed by atoms with Crippen LogP contribution in [0.2, 0.25) is 0 Å². The van der Waals surface area contributed by atoms with Gasteiger partial charge < -0.3 is 9.57 Å². The highest BCUT2D eigenvalue weighted by atomic mass is 16.7. The van der Waals surface area contributed by atoms with Crippen molar-refractivity contribution in [2.24, 2.45) is 11.1 Å². The van der Waals surface area contributed by atoms with Crippen molar-refractivity contribution in [3.8, 4) is 0 Å². The first-order chi connectivity index (χ1) is 7.20. The van der Waals surface area contributed by atoms with Gasteiger partial charge in [-0.15, -0.1) is 0 Å². The zero-order valence-electron chi connectivity index (χ0n) is 9.28. The molecule has 2 unspecified atom stereocenters. The number of hydrogen-bond donors (Lipinski definition) is 0. The maximum Gasteiger partial charge on any atom is 0.354 e. The predicted octanol–water partition coefficient (Wildman–Crippen LogP) is 1.88. The van der Waals surface area contributed by atoms with E-state index in [0.29, 0.717) is 6.61 Å². The molecular weight excluding hydrogens is 194 g/mol. The molecule has 2 atom stereocenters. The van der Waals surface area contributed by atoms with E-state index in [0.717, 1.165) is 31.4 Å². The van der Waals surface area contributed by atoms with Gasteiger partial charge in [0.05, 0.1) is 18.2 Å². The van der Waals surface area contributed by atoms with Crippen molar-refractivity contribution in [2.45, 2.75) is 45.1 Å². The zero-order valence-corrected chi connectivity index (χ0v) is 9.28. The molecule has 1 aliphatic carbocycles. The van der Waals surface area contributed by atoms with Gasteiger partial charge in [0.25, 0.3) is 0 Å². The monoisotopic (exact) mass is 211 g/mol. The predicted molar refractivity (Wildman–Crippen MR) is 55.5 cm³/mol. The first-order valence-electron chi connectivity index (χ1n) is 5.60. The van der Waals surface area contributed by atoms with Gasteiger partial charge in [0.15, 0.2) is 0 Å². The Hall–Kier alpha value is -1.06. The summed E-state index contributed by atoms with van der Waals surface area (Å²) < 4.78 is 5.19. The van der Waals surface area contributed by atoms with E-state index in [1.165, 1.54) is 0 Å². The van der Waals surface area contributed by atoms with E-state index in [-0.39, 0.29) is 11.9 Å². The number of nitrogens with zero attached hydrogens (tertiary/aromatic N) is 1. The Bertz CT molecular complexity index is 300. The smallest absolute Gasteiger partial charge is 0.354 e. The van der Waals surface area contributed by atoms with Gasteiger partial charge in [-0.25, -0.2) is 4.79 Å². The second kappa shape index (κ2) is 3.83. The molecule has 0 aromatic rings. The van der Waals surface area contributed by atoms with Crippen LogP contribution < -0.4 is 0 Å². The van der Waals surface area contributed by atoms with Gasteiger partial charge in [-0.1, -0.05) is 12.1 Å². The maximum absolute atomic E-state index is 11.9. The summed E-state index contributed by atoms with van der Waals surface area (Å²) in [6, 6.07) is 0. The van der Waals surface area contributed by atoms with E-state index in [1.807, 2.05) is 13.8 Å². The first-order valence-corrected chi connectivity index (χ1v) is 5.60. The minimum Gasteiger partial charge on any atom is -0.463 e. The Balaban J connectivity index is 2.10. The summed E-state index contributed by atoms with van der Waals surface area (Å²) in [5.74, 6) is -0.0886. The molecular formula is C11H17NO3. The van der Waals surface area contributed by atoms with E-state index >= 15 is 0 Å². The van der Waals surface area contributed by atoms with Crippen LogP contribution >= 0.6 is 0 Å². The number of carbonyl (C=O) groups is 1. The lowest BCUT2D eigenvalue weighted by Crippen LogP contribution is -2.43. The number of carbonyl (C=O) groups excluding carboxylic acids is 1. The normalized spacial score (nSPS) is 33.2. The van der Waals surface area contributed by atoms with Crippen molar-refractivity contribution in [2.75, 3.05) is 6.61 Å². The van der Waals surface area contributed by atoms with Gasteiger partial charge in [-0.3, -0.25) is 0 Å². The van der Waals surface area contributed by atoms with Crippen molar-refractivity contribution in [1.29, 1.82) is 0 Å². The van der Waals surface area contributed by atoms with Crippen LogP contribution in [0.1, 0.15) is 39.5 Å². The van der Waals surface area contributed by atoms with E-state index in [9.17, 15) is 4.79 Å². The summed E-state index contributed by atoms with van der Waals surface area (Å²) in [5, 5.41) is 3.94. The molecule has 15 heavy (non-hydrogen) atoms. The van der Waals surface area contributed by atoms with E-state index in [1.54, 1.807) is 0 Å². The van der Waals surface area contributed by atoms with Crippen LogP contribution in [0.5, 0.6) is 0 Å². The fraction of sp³-hybridized carbons (Fsp3) is 0.818. The molecule has 1 heterocycles. The summed E-state index contributed by atoms with van der Waals surface area (Å²) >= 11 is 0. The van der Waals surface area contributed by atoms with Crippen LogP contribution in [-0.2, 0) is 14.4 Å². The molecule has 0 amide bonds. The molecule has 1 saturated carbocycles. The number of esters is 1. The molecule has 0 aromatic heterocycles. The molecule has 1 fully saturated rings. The van der Waals surface area contributed by atoms with Gasteiger partial charge in [-0.05, 0) is 26.2 Å². The molecule has 0 aromatic carbocycles. The van der Waals surface area contributed by atoms with Gasteiger partial charge >= 0.3 is 5.97 Å². The lowest BCUT2D eigenvalue weighted by atomic mass is 9.88. The molecule has 4 nitrogen and oxygen atoms in total. The van der Waals surface area contributed by atoms with Crippen LogP contribution in [0.3, 0.4) is 0 Å². The lowest BCUT2D eigenvalue weighted by molar-refractivity contribution is -0.171. The summed E-state index contributed by atoms with van der Waals surface area (Å²) in [7, 11) is 0. The van der Waals surface area contributed by atoms with Gasteiger partial charge in [0.1, 0.15) is 0 Å². The van der Waals surface area contributed by atoms with Crippen molar-refractivity contribution >= 4 is 11.7 Å². The molecule has 4 heteroatoms. The van der Waals surface area contributed by atoms with Crippen LogP contribution in [0.15, 0.2) is 5.16 Å². The molecule has 0 radical (unpaired) electrons. The third-order valence-corrected chi connectivity index (χ3v) is 3.24. The van der Waals surface area contributed by atoms with Crippen LogP contribution in [-0.4, -0.2) is 23.9 Å². The Morgan fingerprint density at radius 3 is 3.27 bits per heavy atom. The fourth-order valence-corrected chi connectivity index (χ4v) is 2.45. The second-order valence-electron chi connectivity index (χ2n) is 4.29. The number of fused-ring (bicyclic) bond motifs is 1. The third-order valence-electron chi connectivity index (χ3n) is 3.24. The highest BCUT2D eigenvalue weighted by Gasteiger charge is 2.57. The van der Waals surface area contributed by atoms with Gasteiger partial charge in [0.2, 0.25) is 5.60 Å². The van der Waals surface area contributed by atoms with Gasteiger partial charge in [-0.2, -0.15) is 0 Å². The van der Waals surface area contributed by atoms with Crippen LogP contribution in [0.4, 0.5) is 0 Å². The summed E-state index contributed by atoms with van der Waals surface area (Å²) in [6.07, 6.45) is 3.57. The summed E-state index contributed by atoms with van der Waals surface area (Å²) in [5.41, 5.74) is 0.153. The maximum atomic E-state index is 11.9. The fourth-order valence-electron chi connectivity index (χ4n) is 2.45. The number of hydrogen-bond acceptors (Lipinski definition) is 4. The third kappa shape index (κ3) is 1.52. The average Bonchev–Trinajstić information content (AvgIpc) is 2.77. The van der Waals surface area contributed by atoms with Crippen LogP contribution in [0, 0.1) is 5.92 Å². The van der Waals surface area contributed by atoms with Crippen molar-refractivity contribution in [1.82, 2.24) is 0 Å². The molecule has 1 aliphatic heterocycles. The lowest BCUT2D eigenvalue weighted by Gasteiger charge is -2.24. The van der Waals surface area contributed by atoms with E-state index < -0.39 is 5.60 Å². The minimum absolute atomic E-state index is 0.141. The summed E-state index contributed by atoms with van der Waals surface area (Å²) in [4.78, 5) is 17.3. The SMILES string of the molecule is CCCOC(=O)C12CCCC1C(C)=NO2. The molecule has 0 saturated heterocycles. The number of oxime groups is 1. The van der Waals surface area contributed by atoms with Crippen molar-refractivity contribution in [3.63, 3.8) is 0 Å². The largest absolute Gasteiger partial charge is 0.463 e. The molecule has 0 bridgehead atoms. The highest BCUT2D eigenvalue weighted by molar-refractivity contribution is 5.95. The summed E-state index contributed by atoms with van der Waals surface area (Å²) in [6.45, 7) is 4.37. The topological polar surface area (TPSA) is 47.9 Å². The zero-order chi connectivity index (χ0) is 10.9. The number of ether oxygens (including phenoxy) is 1. The molecule has 84 valence electrons. The Morgan fingerprint density at radius 1 is 1.73 bits per heavy atom. The van der Waals surface area contributed by atoms with E-state index in [4.69, 9.17) is 9.57 Å². The van der Waals surface area contributed by atoms with E-state index in [2.05, 4.69) is 5.16 Å². The highest BCUT2D eigenvalue weighted by Crippen LogP contribution is 2.44. The Morgan fingerprint density at radius 2 is 2.53 bits per heavy atom. The Kier molecular flexibility index (Phi) is 2.67. The molecule has 2 rings (SSSR count).